The molecule has 0 radical (unpaired) electrons. The predicted molar refractivity (Wildman–Crippen MR) is 66.2 cm³/mol. The van der Waals surface area contributed by atoms with Crippen LogP contribution in [0.15, 0.2) is 33.9 Å². The maximum absolute atomic E-state index is 11.2. The van der Waals surface area contributed by atoms with Gasteiger partial charge in [-0.2, -0.15) is 0 Å². The van der Waals surface area contributed by atoms with Gasteiger partial charge in [0, 0.05) is 11.7 Å². The third-order valence-electron chi connectivity index (χ3n) is 2.32. The van der Waals surface area contributed by atoms with Crippen LogP contribution in [0.5, 0.6) is 0 Å². The van der Waals surface area contributed by atoms with Gasteiger partial charge in [-0.3, -0.25) is 10.2 Å². The van der Waals surface area contributed by atoms with Crippen LogP contribution in [0.1, 0.15) is 6.92 Å². The Balaban J connectivity index is 2.01. The van der Waals surface area contributed by atoms with Gasteiger partial charge in [-0.05, 0) is 12.1 Å². The van der Waals surface area contributed by atoms with Gasteiger partial charge in [0.2, 0.25) is 5.91 Å². The molecule has 0 aliphatic rings. The number of hydrazine groups is 1. The van der Waals surface area contributed by atoms with Crippen LogP contribution in [0.4, 0.5) is 0 Å². The van der Waals surface area contributed by atoms with Gasteiger partial charge >= 0.3 is 0 Å². The molecule has 0 aliphatic carbocycles. The van der Waals surface area contributed by atoms with Gasteiger partial charge in [-0.25, -0.2) is 10.8 Å². The Morgan fingerprint density at radius 3 is 3.06 bits per heavy atom. The fourth-order valence-corrected chi connectivity index (χ4v) is 2.18. The van der Waals surface area contributed by atoms with Crippen molar-refractivity contribution in [1.82, 2.24) is 10.4 Å². The number of amides is 1. The largest absolute Gasteiger partial charge is 0.431 e. The Bertz CT molecular complexity index is 493. The van der Waals surface area contributed by atoms with E-state index < -0.39 is 0 Å². The monoisotopic (exact) mass is 251 g/mol. The van der Waals surface area contributed by atoms with E-state index in [0.717, 1.165) is 11.1 Å². The number of hydrogen-bond donors (Lipinski definition) is 2. The molecule has 1 aromatic heterocycles. The van der Waals surface area contributed by atoms with Crippen LogP contribution < -0.4 is 11.3 Å². The van der Waals surface area contributed by atoms with Crippen LogP contribution in [0.25, 0.3) is 11.1 Å². The van der Waals surface area contributed by atoms with Crippen LogP contribution in [0.2, 0.25) is 0 Å². The molecule has 2 aromatic rings. The maximum atomic E-state index is 11.2. The molecular formula is C11H13N3O2S. The summed E-state index contributed by atoms with van der Waals surface area (Å²) in [5, 5.41) is 0.572. The highest BCUT2D eigenvalue weighted by atomic mass is 32.2. The highest BCUT2D eigenvalue weighted by Gasteiger charge is 2.14. The minimum Gasteiger partial charge on any atom is -0.431 e. The molecule has 0 aliphatic heterocycles. The minimum absolute atomic E-state index is 0.181. The molecule has 1 amide bonds. The lowest BCUT2D eigenvalue weighted by Crippen LogP contribution is -2.35. The summed E-state index contributed by atoms with van der Waals surface area (Å²) in [5.41, 5.74) is 3.70. The lowest BCUT2D eigenvalue weighted by Gasteiger charge is -2.06. The van der Waals surface area contributed by atoms with E-state index in [9.17, 15) is 4.79 Å². The van der Waals surface area contributed by atoms with Crippen molar-refractivity contribution in [3.8, 4) is 0 Å². The predicted octanol–water partition coefficient (Wildman–Crippen LogP) is 1.55. The molecule has 1 unspecified atom stereocenters. The fourth-order valence-electron chi connectivity index (χ4n) is 1.33. The zero-order chi connectivity index (χ0) is 12.3. The standard InChI is InChI=1S/C11H13N3O2S/c1-7(10(15)14-12)6-17-11-13-8-4-2-3-5-9(8)16-11/h2-5,7H,6,12H2,1H3,(H,14,15). The second-order valence-electron chi connectivity index (χ2n) is 3.67. The summed E-state index contributed by atoms with van der Waals surface area (Å²) in [6.45, 7) is 1.80. The number of nitrogens with one attached hydrogen (secondary N) is 1. The highest BCUT2D eigenvalue weighted by molar-refractivity contribution is 7.99. The van der Waals surface area contributed by atoms with Gasteiger partial charge < -0.3 is 4.42 Å². The van der Waals surface area contributed by atoms with Crippen LogP contribution in [-0.4, -0.2) is 16.6 Å². The normalized spacial score (nSPS) is 12.6. The second kappa shape index (κ2) is 5.20. The number of para-hydroxylation sites is 2. The molecule has 0 bridgehead atoms. The third kappa shape index (κ3) is 2.78. The molecule has 5 nitrogen and oxygen atoms in total. The number of nitrogens with two attached hydrogens (primary N) is 1. The summed E-state index contributed by atoms with van der Waals surface area (Å²) in [6.07, 6.45) is 0. The number of carbonyl (C=O) groups is 1. The smallest absolute Gasteiger partial charge is 0.256 e. The molecule has 0 spiro atoms. The summed E-state index contributed by atoms with van der Waals surface area (Å²) in [7, 11) is 0. The van der Waals surface area contributed by atoms with Crippen molar-refractivity contribution in [2.45, 2.75) is 12.1 Å². The van der Waals surface area contributed by atoms with Crippen molar-refractivity contribution < 1.29 is 9.21 Å². The summed E-state index contributed by atoms with van der Waals surface area (Å²) in [6, 6.07) is 7.55. The van der Waals surface area contributed by atoms with Crippen LogP contribution in [0.3, 0.4) is 0 Å². The summed E-state index contributed by atoms with van der Waals surface area (Å²) in [5.74, 6) is 5.27. The molecule has 0 saturated carbocycles. The Morgan fingerprint density at radius 1 is 1.59 bits per heavy atom. The average molecular weight is 251 g/mol. The molecule has 1 aromatic carbocycles. The lowest BCUT2D eigenvalue weighted by molar-refractivity contribution is -0.123. The van der Waals surface area contributed by atoms with E-state index in [1.165, 1.54) is 11.8 Å². The first kappa shape index (κ1) is 11.9. The Labute approximate surface area is 103 Å². The molecule has 0 saturated heterocycles. The first-order valence-corrected chi connectivity index (χ1v) is 6.18. The summed E-state index contributed by atoms with van der Waals surface area (Å²) in [4.78, 5) is 15.5. The Hall–Kier alpha value is -1.53. The van der Waals surface area contributed by atoms with Crippen molar-refractivity contribution in [2.24, 2.45) is 11.8 Å². The highest BCUT2D eigenvalue weighted by Crippen LogP contribution is 2.24. The molecule has 1 atom stereocenters. The number of oxazole rings is 1. The van der Waals surface area contributed by atoms with Crippen molar-refractivity contribution >= 4 is 28.8 Å². The van der Waals surface area contributed by atoms with Crippen LogP contribution in [0, 0.1) is 5.92 Å². The summed E-state index contributed by atoms with van der Waals surface area (Å²) < 4.78 is 5.52. The van der Waals surface area contributed by atoms with Gasteiger partial charge in [0.15, 0.2) is 5.58 Å². The minimum atomic E-state index is -0.186. The number of aromatic nitrogens is 1. The number of benzene rings is 1. The first-order chi connectivity index (χ1) is 8.20. The first-order valence-electron chi connectivity index (χ1n) is 5.19. The van der Waals surface area contributed by atoms with Crippen LogP contribution >= 0.6 is 11.8 Å². The van der Waals surface area contributed by atoms with Gasteiger partial charge in [0.05, 0.1) is 0 Å². The number of rotatable bonds is 4. The van der Waals surface area contributed by atoms with Crippen molar-refractivity contribution in [3.05, 3.63) is 24.3 Å². The van der Waals surface area contributed by atoms with Gasteiger partial charge in [0.1, 0.15) is 5.52 Å². The van der Waals surface area contributed by atoms with E-state index in [1.54, 1.807) is 6.92 Å². The van der Waals surface area contributed by atoms with Gasteiger partial charge in [0.25, 0.3) is 5.22 Å². The van der Waals surface area contributed by atoms with Crippen molar-refractivity contribution in [2.75, 3.05) is 5.75 Å². The van der Waals surface area contributed by atoms with E-state index in [1.807, 2.05) is 24.3 Å². The molecule has 90 valence electrons. The Kier molecular flexibility index (Phi) is 3.65. The molecule has 17 heavy (non-hydrogen) atoms. The number of nitrogens with zero attached hydrogens (tertiary/aromatic N) is 1. The molecule has 3 N–H and O–H groups in total. The molecule has 6 heteroatoms. The number of hydrogen-bond acceptors (Lipinski definition) is 5. The van der Waals surface area contributed by atoms with Gasteiger partial charge in [-0.1, -0.05) is 30.8 Å². The van der Waals surface area contributed by atoms with Crippen molar-refractivity contribution in [3.63, 3.8) is 0 Å². The fraction of sp³-hybridized carbons (Fsp3) is 0.273. The maximum Gasteiger partial charge on any atom is 0.256 e. The van der Waals surface area contributed by atoms with E-state index in [2.05, 4.69) is 10.4 Å². The third-order valence-corrected chi connectivity index (χ3v) is 3.41. The van der Waals surface area contributed by atoms with E-state index in [0.29, 0.717) is 11.0 Å². The number of fused-ring (bicyclic) bond motifs is 1. The number of carbonyl (C=O) groups excluding carboxylic acids is 1. The molecule has 0 fully saturated rings. The van der Waals surface area contributed by atoms with E-state index in [4.69, 9.17) is 10.3 Å². The zero-order valence-corrected chi connectivity index (χ0v) is 10.2. The van der Waals surface area contributed by atoms with E-state index in [-0.39, 0.29) is 11.8 Å². The quantitative estimate of drug-likeness (QED) is 0.373. The molecule has 2 rings (SSSR count). The Morgan fingerprint density at radius 2 is 2.35 bits per heavy atom. The van der Waals surface area contributed by atoms with E-state index >= 15 is 0 Å². The second-order valence-corrected chi connectivity index (χ2v) is 4.64. The zero-order valence-electron chi connectivity index (χ0n) is 9.34. The van der Waals surface area contributed by atoms with Crippen molar-refractivity contribution in [1.29, 1.82) is 0 Å². The molecular weight excluding hydrogens is 238 g/mol. The van der Waals surface area contributed by atoms with Gasteiger partial charge in [-0.15, -0.1) is 0 Å². The number of thioether (sulfide) groups is 1. The summed E-state index contributed by atoms with van der Waals surface area (Å²) >= 11 is 1.40. The lowest BCUT2D eigenvalue weighted by atomic mass is 10.2. The average Bonchev–Trinajstić information content (AvgIpc) is 2.77. The SMILES string of the molecule is CC(CSc1nc2ccccc2o1)C(=O)NN. The van der Waals surface area contributed by atoms with Crippen LogP contribution in [-0.2, 0) is 4.79 Å². The topological polar surface area (TPSA) is 81.2 Å². The molecule has 1 heterocycles.